The molecule has 0 spiro atoms. The van der Waals surface area contributed by atoms with Gasteiger partial charge in [0.25, 0.3) is 5.91 Å². The third-order valence-electron chi connectivity index (χ3n) is 3.39. The molecule has 2 N–H and O–H groups in total. The van der Waals surface area contributed by atoms with E-state index in [1.807, 2.05) is 18.2 Å². The van der Waals surface area contributed by atoms with Crippen LogP contribution < -0.4 is 10.6 Å². The predicted octanol–water partition coefficient (Wildman–Crippen LogP) is 4.03. The fraction of sp³-hybridized carbons (Fsp3) is 0. The summed E-state index contributed by atoms with van der Waals surface area (Å²) < 4.78 is 5.53. The van der Waals surface area contributed by atoms with Gasteiger partial charge in [0.15, 0.2) is 5.76 Å². The number of carbonyl (C=O) groups is 1. The van der Waals surface area contributed by atoms with Crippen molar-refractivity contribution in [1.82, 2.24) is 0 Å². The van der Waals surface area contributed by atoms with Crippen molar-refractivity contribution in [3.63, 3.8) is 0 Å². The van der Waals surface area contributed by atoms with Gasteiger partial charge in [-0.15, -0.1) is 0 Å². The normalized spacial score (nSPS) is 9.68. The molecule has 0 radical (unpaired) electrons. The molecule has 120 valence electrons. The van der Waals surface area contributed by atoms with E-state index in [4.69, 9.17) is 14.9 Å². The maximum Gasteiger partial charge on any atom is 0.291 e. The molecule has 6 nitrogen and oxygen atoms in total. The van der Waals surface area contributed by atoms with Gasteiger partial charge in [-0.3, -0.25) is 4.79 Å². The van der Waals surface area contributed by atoms with E-state index in [9.17, 15) is 4.79 Å². The Balaban J connectivity index is 1.75. The molecular weight excluding hydrogens is 316 g/mol. The first-order valence-electron chi connectivity index (χ1n) is 7.36. The Bertz CT molecular complexity index is 1000. The second-order valence-electron chi connectivity index (χ2n) is 5.11. The van der Waals surface area contributed by atoms with E-state index in [-0.39, 0.29) is 17.2 Å². The first kappa shape index (κ1) is 15.9. The summed E-state index contributed by atoms with van der Waals surface area (Å²) in [7, 11) is 0. The van der Waals surface area contributed by atoms with Crippen LogP contribution in [0.5, 0.6) is 0 Å². The molecule has 3 aromatic rings. The summed E-state index contributed by atoms with van der Waals surface area (Å²) in [6, 6.07) is 19.5. The van der Waals surface area contributed by atoms with Gasteiger partial charge in [-0.25, -0.2) is 0 Å². The zero-order valence-electron chi connectivity index (χ0n) is 13.0. The zero-order valence-corrected chi connectivity index (χ0v) is 13.0. The first-order chi connectivity index (χ1) is 12.2. The highest BCUT2D eigenvalue weighted by molar-refractivity contribution is 6.04. The Morgan fingerprint density at radius 2 is 1.76 bits per heavy atom. The Hall–Kier alpha value is -4.03. The molecule has 0 fully saturated rings. The van der Waals surface area contributed by atoms with Crippen molar-refractivity contribution in [3.8, 4) is 12.1 Å². The average molecular weight is 328 g/mol. The Morgan fingerprint density at radius 1 is 1.00 bits per heavy atom. The minimum absolute atomic E-state index is 0.0447. The number of carbonyl (C=O) groups excluding carboxylic acids is 1. The molecule has 1 aromatic heterocycles. The van der Waals surface area contributed by atoms with Crippen molar-refractivity contribution < 1.29 is 9.21 Å². The smallest absolute Gasteiger partial charge is 0.291 e. The van der Waals surface area contributed by atoms with Crippen molar-refractivity contribution in [3.05, 3.63) is 72.1 Å². The lowest BCUT2D eigenvalue weighted by molar-refractivity contribution is 0.0998. The maximum absolute atomic E-state index is 12.3. The van der Waals surface area contributed by atoms with E-state index < -0.39 is 0 Å². The number of hydrogen-bond donors (Lipinski definition) is 2. The molecule has 1 amide bonds. The van der Waals surface area contributed by atoms with Gasteiger partial charge in [-0.1, -0.05) is 24.3 Å². The third kappa shape index (κ3) is 3.66. The van der Waals surface area contributed by atoms with Crippen LogP contribution in [0, 0.1) is 22.7 Å². The summed E-state index contributed by atoms with van der Waals surface area (Å²) in [5.74, 6) is -0.144. The van der Waals surface area contributed by atoms with Gasteiger partial charge >= 0.3 is 0 Å². The lowest BCUT2D eigenvalue weighted by atomic mass is 10.2. The van der Waals surface area contributed by atoms with Crippen molar-refractivity contribution in [2.24, 2.45) is 0 Å². The Morgan fingerprint density at radius 3 is 2.52 bits per heavy atom. The van der Waals surface area contributed by atoms with Crippen LogP contribution in [-0.4, -0.2) is 5.91 Å². The second-order valence-corrected chi connectivity index (χ2v) is 5.11. The molecule has 0 bridgehead atoms. The Labute approximate surface area is 143 Å². The number of allylic oxidation sites excluding steroid dienone is 1. The molecule has 0 aliphatic carbocycles. The molecule has 0 saturated heterocycles. The number of para-hydroxylation sites is 1. The van der Waals surface area contributed by atoms with Crippen LogP contribution in [-0.2, 0) is 0 Å². The van der Waals surface area contributed by atoms with Crippen LogP contribution in [0.15, 0.2) is 70.8 Å². The van der Waals surface area contributed by atoms with Gasteiger partial charge in [0.2, 0.25) is 0 Å². The molecule has 0 aliphatic rings. The van der Waals surface area contributed by atoms with E-state index >= 15 is 0 Å². The molecule has 2 aromatic carbocycles. The Kier molecular flexibility index (Phi) is 4.46. The predicted molar refractivity (Wildman–Crippen MR) is 93.5 cm³/mol. The fourth-order valence-electron chi connectivity index (χ4n) is 2.22. The fourth-order valence-corrected chi connectivity index (χ4v) is 2.22. The van der Waals surface area contributed by atoms with Crippen molar-refractivity contribution in [2.45, 2.75) is 0 Å². The molecule has 1 heterocycles. The largest absolute Gasteiger partial charge is 0.451 e. The van der Waals surface area contributed by atoms with Crippen LogP contribution in [0.3, 0.4) is 0 Å². The topological polar surface area (TPSA) is 102 Å². The molecule has 6 heteroatoms. The lowest BCUT2D eigenvalue weighted by Gasteiger charge is -2.06. The van der Waals surface area contributed by atoms with E-state index in [0.29, 0.717) is 17.0 Å². The van der Waals surface area contributed by atoms with Crippen molar-refractivity contribution in [1.29, 1.82) is 10.5 Å². The van der Waals surface area contributed by atoms with E-state index in [2.05, 4.69) is 10.6 Å². The van der Waals surface area contributed by atoms with Gasteiger partial charge in [-0.2, -0.15) is 10.5 Å². The number of nitrogens with one attached hydrogen (secondary N) is 2. The highest BCUT2D eigenvalue weighted by Gasteiger charge is 2.12. The summed E-state index contributed by atoms with van der Waals surface area (Å²) in [4.78, 5) is 12.3. The standard InChI is InChI=1S/C19H12N4O2/c20-10-13(11-21)12-22-15-5-3-6-16(9-15)23-19(24)18-8-14-4-1-2-7-17(14)25-18/h1-9,12,22H,(H,23,24). The van der Waals surface area contributed by atoms with Gasteiger partial charge in [0.05, 0.1) is 0 Å². The molecule has 0 unspecified atom stereocenters. The number of hydrogen-bond acceptors (Lipinski definition) is 5. The van der Waals surface area contributed by atoms with Crippen LogP contribution in [0.4, 0.5) is 11.4 Å². The monoisotopic (exact) mass is 328 g/mol. The highest BCUT2D eigenvalue weighted by Crippen LogP contribution is 2.21. The second kappa shape index (κ2) is 7.03. The number of anilines is 2. The molecule has 0 aliphatic heterocycles. The molecule has 25 heavy (non-hydrogen) atoms. The summed E-state index contributed by atoms with van der Waals surface area (Å²) >= 11 is 0. The van der Waals surface area contributed by atoms with Gasteiger partial charge in [0.1, 0.15) is 23.3 Å². The van der Waals surface area contributed by atoms with Gasteiger partial charge < -0.3 is 15.1 Å². The van der Waals surface area contributed by atoms with E-state index in [1.165, 1.54) is 6.20 Å². The summed E-state index contributed by atoms with van der Waals surface area (Å²) in [6.07, 6.45) is 1.31. The van der Waals surface area contributed by atoms with E-state index in [1.54, 1.807) is 48.5 Å². The zero-order chi connectivity index (χ0) is 17.6. The molecule has 3 rings (SSSR count). The number of amides is 1. The lowest BCUT2D eigenvalue weighted by Crippen LogP contribution is -2.10. The summed E-state index contributed by atoms with van der Waals surface area (Å²) in [5, 5.41) is 23.9. The van der Waals surface area contributed by atoms with Crippen molar-refractivity contribution >= 4 is 28.3 Å². The van der Waals surface area contributed by atoms with Crippen molar-refractivity contribution in [2.75, 3.05) is 10.6 Å². The average Bonchev–Trinajstić information content (AvgIpc) is 3.07. The third-order valence-corrected chi connectivity index (χ3v) is 3.39. The molecule has 0 saturated carbocycles. The number of benzene rings is 2. The molecular formula is C19H12N4O2. The van der Waals surface area contributed by atoms with Gasteiger partial charge in [0, 0.05) is 23.0 Å². The summed E-state index contributed by atoms with van der Waals surface area (Å²) in [5.41, 5.74) is 1.79. The van der Waals surface area contributed by atoms with Gasteiger partial charge in [-0.05, 0) is 30.3 Å². The number of nitriles is 2. The van der Waals surface area contributed by atoms with Crippen LogP contribution in [0.2, 0.25) is 0 Å². The maximum atomic E-state index is 12.3. The van der Waals surface area contributed by atoms with Crippen LogP contribution in [0.1, 0.15) is 10.6 Å². The first-order valence-corrected chi connectivity index (χ1v) is 7.36. The quantitative estimate of drug-likeness (QED) is 0.704. The number of nitrogens with zero attached hydrogens (tertiary/aromatic N) is 2. The summed E-state index contributed by atoms with van der Waals surface area (Å²) in [6.45, 7) is 0. The van der Waals surface area contributed by atoms with Crippen LogP contribution in [0.25, 0.3) is 11.0 Å². The number of furan rings is 1. The minimum Gasteiger partial charge on any atom is -0.451 e. The molecule has 0 atom stereocenters. The number of fused-ring (bicyclic) bond motifs is 1. The number of rotatable bonds is 4. The highest BCUT2D eigenvalue weighted by atomic mass is 16.3. The minimum atomic E-state index is -0.362. The van der Waals surface area contributed by atoms with Crippen LogP contribution >= 0.6 is 0 Å². The SMILES string of the molecule is N#CC(C#N)=CNc1cccc(NC(=O)c2cc3ccccc3o2)c1. The van der Waals surface area contributed by atoms with E-state index in [0.717, 1.165) is 5.39 Å².